The van der Waals surface area contributed by atoms with Gasteiger partial charge >= 0.3 is 0 Å². The molecule has 0 heterocycles. The molecule has 2 unspecified atom stereocenters. The molecule has 0 radical (unpaired) electrons. The van der Waals surface area contributed by atoms with Gasteiger partial charge in [-0.3, -0.25) is 0 Å². The first-order valence-electron chi connectivity index (χ1n) is 8.37. The lowest BCUT2D eigenvalue weighted by Gasteiger charge is -2.28. The molecule has 0 aromatic carbocycles. The van der Waals surface area contributed by atoms with Crippen LogP contribution in [0.25, 0.3) is 0 Å². The minimum Gasteiger partial charge on any atom is -0.230 e. The van der Waals surface area contributed by atoms with Crippen molar-refractivity contribution in [1.82, 2.24) is 0 Å². The summed E-state index contributed by atoms with van der Waals surface area (Å²) >= 11 is 0. The van der Waals surface area contributed by atoms with E-state index in [9.17, 15) is 0 Å². The van der Waals surface area contributed by atoms with Gasteiger partial charge in [-0.05, 0) is 66.2 Å². The van der Waals surface area contributed by atoms with Crippen LogP contribution in [-0.4, -0.2) is 11.2 Å². The molecule has 0 bridgehead atoms. The van der Waals surface area contributed by atoms with Crippen molar-refractivity contribution in [3.63, 3.8) is 0 Å². The Bertz CT molecular complexity index is 325. The van der Waals surface area contributed by atoms with E-state index in [2.05, 4.69) is 46.5 Å². The van der Waals surface area contributed by atoms with Crippen LogP contribution in [0.2, 0.25) is 0 Å². The maximum absolute atomic E-state index is 5.09. The van der Waals surface area contributed by atoms with Gasteiger partial charge in [-0.25, -0.2) is 9.78 Å². The Morgan fingerprint density at radius 3 is 1.36 bits per heavy atom. The zero-order chi connectivity index (χ0) is 18.2. The van der Waals surface area contributed by atoms with E-state index in [1.54, 1.807) is 0 Å². The highest BCUT2D eigenvalue weighted by Gasteiger charge is 2.21. The van der Waals surface area contributed by atoms with Gasteiger partial charge in [0, 0.05) is 5.92 Å². The summed E-state index contributed by atoms with van der Waals surface area (Å²) < 4.78 is 0. The fraction of sp³-hybridized carbons (Fsp3) is 0.900. The Labute approximate surface area is 140 Å². The molecule has 0 aliphatic rings. The van der Waals surface area contributed by atoms with Crippen molar-refractivity contribution >= 4 is 0 Å². The van der Waals surface area contributed by atoms with E-state index in [1.807, 2.05) is 48.5 Å². The highest BCUT2D eigenvalue weighted by Crippen LogP contribution is 2.30. The molecular formula is C20H40O2. The van der Waals surface area contributed by atoms with Gasteiger partial charge in [-0.15, -0.1) is 11.8 Å². The van der Waals surface area contributed by atoms with Crippen LogP contribution in [0.15, 0.2) is 0 Å². The lowest BCUT2D eigenvalue weighted by molar-refractivity contribution is -0.393. The zero-order valence-electron chi connectivity index (χ0n) is 17.2. The lowest BCUT2D eigenvalue weighted by atomic mass is 9.77. The van der Waals surface area contributed by atoms with Crippen molar-refractivity contribution in [2.75, 3.05) is 0 Å². The molecule has 0 aliphatic heterocycles. The van der Waals surface area contributed by atoms with Crippen molar-refractivity contribution < 1.29 is 9.78 Å². The molecular weight excluding hydrogens is 272 g/mol. The van der Waals surface area contributed by atoms with E-state index in [0.717, 1.165) is 5.92 Å². The third-order valence-corrected chi connectivity index (χ3v) is 3.12. The fourth-order valence-electron chi connectivity index (χ4n) is 1.44. The summed E-state index contributed by atoms with van der Waals surface area (Å²) in [4.78, 5) is 10.2. The standard InChI is InChI=1S/C12H22.C8H18O2/c1-7-8-10(2)9-11(3)12(4,5)6;1-7(2,3)9-10-8(4,5)6/h10-11H,9H2,1-6H3;1-6H3. The van der Waals surface area contributed by atoms with Gasteiger partial charge in [0.2, 0.25) is 0 Å². The fourth-order valence-corrected chi connectivity index (χ4v) is 1.44. The summed E-state index contributed by atoms with van der Waals surface area (Å²) in [6, 6.07) is 0. The number of rotatable bonds is 3. The molecule has 0 rings (SSSR count). The molecule has 2 heteroatoms. The average molecular weight is 313 g/mol. The second-order valence-electron chi connectivity index (χ2n) is 9.19. The number of hydrogen-bond donors (Lipinski definition) is 0. The predicted molar refractivity (Wildman–Crippen MR) is 97.5 cm³/mol. The average Bonchev–Trinajstić information content (AvgIpc) is 2.24. The molecule has 0 aromatic heterocycles. The van der Waals surface area contributed by atoms with Gasteiger partial charge in [-0.1, -0.05) is 34.6 Å². The Morgan fingerprint density at radius 1 is 0.773 bits per heavy atom. The number of hydrogen-bond acceptors (Lipinski definition) is 2. The molecule has 132 valence electrons. The monoisotopic (exact) mass is 312 g/mol. The highest BCUT2D eigenvalue weighted by atomic mass is 17.2. The van der Waals surface area contributed by atoms with E-state index in [-0.39, 0.29) is 11.2 Å². The summed E-state index contributed by atoms with van der Waals surface area (Å²) in [7, 11) is 0. The maximum atomic E-state index is 5.09. The van der Waals surface area contributed by atoms with Gasteiger partial charge in [0.25, 0.3) is 0 Å². The molecule has 0 spiro atoms. The van der Waals surface area contributed by atoms with Crippen LogP contribution in [0.4, 0.5) is 0 Å². The third-order valence-electron chi connectivity index (χ3n) is 3.12. The SMILES string of the molecule is CC#CC(C)CC(C)C(C)(C)C.CC(C)(C)OOC(C)(C)C. The Hall–Kier alpha value is -0.520. The first kappa shape index (κ1) is 23.7. The molecule has 0 aromatic rings. The first-order valence-corrected chi connectivity index (χ1v) is 8.37. The summed E-state index contributed by atoms with van der Waals surface area (Å²) in [5, 5.41) is 0. The van der Waals surface area contributed by atoms with E-state index in [4.69, 9.17) is 9.78 Å². The minimum absolute atomic E-state index is 0.215. The van der Waals surface area contributed by atoms with Crippen LogP contribution in [0.3, 0.4) is 0 Å². The first-order chi connectivity index (χ1) is 9.58. The van der Waals surface area contributed by atoms with Crippen LogP contribution >= 0.6 is 0 Å². The largest absolute Gasteiger partial charge is 0.230 e. The van der Waals surface area contributed by atoms with Crippen molar-refractivity contribution in [1.29, 1.82) is 0 Å². The van der Waals surface area contributed by atoms with Gasteiger partial charge in [-0.2, -0.15) is 0 Å². The van der Waals surface area contributed by atoms with Crippen LogP contribution in [0.1, 0.15) is 89.5 Å². The van der Waals surface area contributed by atoms with Gasteiger partial charge in [0.15, 0.2) is 0 Å². The maximum Gasteiger partial charge on any atom is 0.0952 e. The summed E-state index contributed by atoms with van der Waals surface area (Å²) in [5.41, 5.74) is -0.00968. The van der Waals surface area contributed by atoms with Crippen LogP contribution in [-0.2, 0) is 9.78 Å². The molecule has 22 heavy (non-hydrogen) atoms. The normalized spacial score (nSPS) is 15.1. The van der Waals surface area contributed by atoms with Crippen molar-refractivity contribution in [2.24, 2.45) is 17.3 Å². The summed E-state index contributed by atoms with van der Waals surface area (Å²) in [6.07, 6.45) is 1.21. The predicted octanol–water partition coefficient (Wildman–Crippen LogP) is 6.25. The van der Waals surface area contributed by atoms with Crippen molar-refractivity contribution in [3.05, 3.63) is 0 Å². The molecule has 0 saturated carbocycles. The molecule has 0 saturated heterocycles. The van der Waals surface area contributed by atoms with Crippen LogP contribution in [0.5, 0.6) is 0 Å². The van der Waals surface area contributed by atoms with Gasteiger partial charge in [0.1, 0.15) is 0 Å². The lowest BCUT2D eigenvalue weighted by Crippen LogP contribution is -2.27. The van der Waals surface area contributed by atoms with Gasteiger partial charge < -0.3 is 0 Å². The Kier molecular flexibility index (Phi) is 10.3. The molecule has 0 N–H and O–H groups in total. The molecule has 2 nitrogen and oxygen atoms in total. The zero-order valence-corrected chi connectivity index (χ0v) is 17.2. The topological polar surface area (TPSA) is 18.5 Å². The van der Waals surface area contributed by atoms with Crippen LogP contribution < -0.4 is 0 Å². The highest BCUT2D eigenvalue weighted by molar-refractivity contribution is 5.00. The van der Waals surface area contributed by atoms with Gasteiger partial charge in [0.05, 0.1) is 11.2 Å². The molecule has 2 atom stereocenters. The van der Waals surface area contributed by atoms with Crippen molar-refractivity contribution in [2.45, 2.75) is 101 Å². The van der Waals surface area contributed by atoms with Crippen molar-refractivity contribution in [3.8, 4) is 11.8 Å². The molecule has 0 amide bonds. The molecule has 0 fully saturated rings. The molecule has 0 aliphatic carbocycles. The van der Waals surface area contributed by atoms with E-state index < -0.39 is 0 Å². The van der Waals surface area contributed by atoms with Crippen LogP contribution in [0, 0.1) is 29.1 Å². The van der Waals surface area contributed by atoms with E-state index >= 15 is 0 Å². The second-order valence-corrected chi connectivity index (χ2v) is 9.19. The second kappa shape index (κ2) is 9.58. The van der Waals surface area contributed by atoms with E-state index in [1.165, 1.54) is 6.42 Å². The smallest absolute Gasteiger partial charge is 0.0952 e. The third kappa shape index (κ3) is 17.5. The minimum atomic E-state index is -0.215. The van der Waals surface area contributed by atoms with E-state index in [0.29, 0.717) is 11.3 Å². The Morgan fingerprint density at radius 2 is 1.14 bits per heavy atom. The summed E-state index contributed by atoms with van der Waals surface area (Å²) in [5.74, 6) is 7.46. The quantitative estimate of drug-likeness (QED) is 0.348. The summed E-state index contributed by atoms with van der Waals surface area (Å²) in [6.45, 7) is 25.1. The Balaban J connectivity index is 0.